The number of pyridine rings is 1. The number of carbonyl (C=O) groups excluding carboxylic acids is 2. The van der Waals surface area contributed by atoms with Crippen LogP contribution in [0.1, 0.15) is 15.9 Å². The highest BCUT2D eigenvalue weighted by molar-refractivity contribution is 6.01. The lowest BCUT2D eigenvalue weighted by atomic mass is 10.0. The first-order valence-electron chi connectivity index (χ1n) is 8.31. The lowest BCUT2D eigenvalue weighted by molar-refractivity contribution is 0.100. The van der Waals surface area contributed by atoms with E-state index in [1.54, 1.807) is 13.0 Å². The highest BCUT2D eigenvalue weighted by atomic mass is 19.1. The van der Waals surface area contributed by atoms with Gasteiger partial charge < -0.3 is 11.5 Å². The van der Waals surface area contributed by atoms with Crippen molar-refractivity contribution in [2.45, 2.75) is 6.92 Å². The van der Waals surface area contributed by atoms with Gasteiger partial charge in [-0.25, -0.2) is 27.8 Å². The highest BCUT2D eigenvalue weighted by Gasteiger charge is 2.26. The van der Waals surface area contributed by atoms with E-state index in [0.717, 1.165) is 24.3 Å². The molecule has 0 fully saturated rings. The summed E-state index contributed by atoms with van der Waals surface area (Å²) in [5.41, 5.74) is 10.1. The third-order valence-electron chi connectivity index (χ3n) is 4.14. The second kappa shape index (κ2) is 7.63. The van der Waals surface area contributed by atoms with E-state index in [0.29, 0.717) is 10.5 Å². The van der Waals surface area contributed by atoms with Gasteiger partial charge in [0, 0.05) is 5.56 Å². The number of nitrogens with two attached hydrogens (primary N) is 2. The van der Waals surface area contributed by atoms with Crippen LogP contribution >= 0.6 is 0 Å². The number of carbonyl (C=O) groups is 2. The summed E-state index contributed by atoms with van der Waals surface area (Å²) in [5.74, 6) is -4.04. The summed E-state index contributed by atoms with van der Waals surface area (Å²) in [6.45, 7) is 1.67. The summed E-state index contributed by atoms with van der Waals surface area (Å²) in [5, 5.41) is 0. The van der Waals surface area contributed by atoms with Crippen LogP contribution in [0.4, 0.5) is 29.5 Å². The molecule has 29 heavy (non-hydrogen) atoms. The number of urea groups is 1. The van der Waals surface area contributed by atoms with Crippen LogP contribution in [-0.4, -0.2) is 16.9 Å². The minimum absolute atomic E-state index is 0.0790. The first-order chi connectivity index (χ1) is 13.7. The van der Waals surface area contributed by atoms with Crippen molar-refractivity contribution in [3.63, 3.8) is 0 Å². The molecule has 0 aliphatic rings. The Morgan fingerprint density at radius 1 is 0.931 bits per heavy atom. The maximum absolute atomic E-state index is 14.5. The summed E-state index contributed by atoms with van der Waals surface area (Å²) in [7, 11) is 0. The second-order valence-corrected chi connectivity index (χ2v) is 6.16. The number of primary amides is 2. The number of halogens is 3. The number of aromatic nitrogens is 1. The van der Waals surface area contributed by atoms with Crippen LogP contribution in [0.15, 0.2) is 48.5 Å². The summed E-state index contributed by atoms with van der Waals surface area (Å²) in [6.07, 6.45) is 0. The number of para-hydroxylation sites is 1. The molecule has 0 saturated heterocycles. The van der Waals surface area contributed by atoms with Gasteiger partial charge in [0.25, 0.3) is 5.91 Å². The third kappa shape index (κ3) is 3.75. The number of nitrogens with zero attached hydrogens (tertiary/aromatic N) is 2. The van der Waals surface area contributed by atoms with Crippen LogP contribution in [0.2, 0.25) is 0 Å². The number of hydrogen-bond acceptors (Lipinski definition) is 3. The minimum Gasteiger partial charge on any atom is -0.366 e. The van der Waals surface area contributed by atoms with Crippen molar-refractivity contribution in [1.29, 1.82) is 0 Å². The van der Waals surface area contributed by atoms with Crippen molar-refractivity contribution in [2.75, 3.05) is 4.90 Å². The van der Waals surface area contributed by atoms with Crippen molar-refractivity contribution in [2.24, 2.45) is 11.5 Å². The van der Waals surface area contributed by atoms with E-state index in [2.05, 4.69) is 4.98 Å². The number of anilines is 2. The van der Waals surface area contributed by atoms with E-state index < -0.39 is 35.1 Å². The van der Waals surface area contributed by atoms with Crippen molar-refractivity contribution < 1.29 is 22.8 Å². The Labute approximate surface area is 163 Å². The Kier molecular flexibility index (Phi) is 5.22. The summed E-state index contributed by atoms with van der Waals surface area (Å²) >= 11 is 0. The largest absolute Gasteiger partial charge is 0.366 e. The van der Waals surface area contributed by atoms with E-state index in [1.807, 2.05) is 0 Å². The number of benzene rings is 2. The molecule has 6 nitrogen and oxygen atoms in total. The lowest BCUT2D eigenvalue weighted by Crippen LogP contribution is -2.33. The van der Waals surface area contributed by atoms with Crippen molar-refractivity contribution >= 4 is 23.4 Å². The van der Waals surface area contributed by atoms with Crippen molar-refractivity contribution in [3.8, 4) is 11.3 Å². The van der Waals surface area contributed by atoms with Gasteiger partial charge in [-0.1, -0.05) is 12.1 Å². The zero-order valence-electron chi connectivity index (χ0n) is 15.1. The number of aryl methyl sites for hydroxylation is 1. The highest BCUT2D eigenvalue weighted by Crippen LogP contribution is 2.33. The average molecular weight is 400 g/mol. The fraction of sp³-hybridized carbons (Fsp3) is 0.0500. The molecule has 9 heteroatoms. The van der Waals surface area contributed by atoms with Crippen LogP contribution in [0, 0.1) is 24.4 Å². The topological polar surface area (TPSA) is 102 Å². The standard InChI is InChI=1S/C20H15F3N4O2/c1-10-5-6-11(15(23)9-10)17-12(19(24)28)7-8-16(26-17)27(20(25)29)18-13(21)3-2-4-14(18)22/h2-9H,1H3,(H2,24,28)(H2,25,29). The molecule has 1 aromatic heterocycles. The molecular formula is C20H15F3N4O2. The van der Waals surface area contributed by atoms with Crippen LogP contribution in [0.25, 0.3) is 11.3 Å². The normalized spacial score (nSPS) is 10.6. The van der Waals surface area contributed by atoms with Gasteiger partial charge >= 0.3 is 6.03 Å². The summed E-state index contributed by atoms with van der Waals surface area (Å²) in [6, 6.07) is 8.24. The van der Waals surface area contributed by atoms with Gasteiger partial charge in [0.1, 0.15) is 29.0 Å². The van der Waals surface area contributed by atoms with Gasteiger partial charge in [-0.15, -0.1) is 0 Å². The zero-order valence-corrected chi connectivity index (χ0v) is 15.1. The van der Waals surface area contributed by atoms with Gasteiger partial charge in [-0.05, 0) is 48.9 Å². The van der Waals surface area contributed by atoms with Gasteiger partial charge in [-0.3, -0.25) is 4.79 Å². The Bertz CT molecular complexity index is 1110. The predicted octanol–water partition coefficient (Wildman–Crippen LogP) is 3.79. The predicted molar refractivity (Wildman–Crippen MR) is 101 cm³/mol. The molecule has 0 radical (unpaired) electrons. The molecule has 0 bridgehead atoms. The molecule has 3 aromatic rings. The van der Waals surface area contributed by atoms with Crippen LogP contribution in [0.5, 0.6) is 0 Å². The van der Waals surface area contributed by atoms with Gasteiger partial charge in [0.15, 0.2) is 0 Å². The van der Waals surface area contributed by atoms with Gasteiger partial charge in [0.2, 0.25) is 0 Å². The molecule has 0 spiro atoms. The third-order valence-corrected chi connectivity index (χ3v) is 4.14. The monoisotopic (exact) mass is 400 g/mol. The van der Waals surface area contributed by atoms with Crippen molar-refractivity contribution in [1.82, 2.24) is 4.98 Å². The van der Waals surface area contributed by atoms with E-state index in [1.165, 1.54) is 18.2 Å². The van der Waals surface area contributed by atoms with Crippen LogP contribution < -0.4 is 16.4 Å². The molecule has 0 aliphatic carbocycles. The molecule has 148 valence electrons. The number of rotatable bonds is 4. The second-order valence-electron chi connectivity index (χ2n) is 6.16. The molecular weight excluding hydrogens is 385 g/mol. The SMILES string of the molecule is Cc1ccc(-c2nc(N(C(N)=O)c3c(F)cccc3F)ccc2C(N)=O)c(F)c1. The van der Waals surface area contributed by atoms with E-state index in [4.69, 9.17) is 11.5 Å². The quantitative estimate of drug-likeness (QED) is 0.696. The Morgan fingerprint density at radius 2 is 1.59 bits per heavy atom. The summed E-state index contributed by atoms with van der Waals surface area (Å²) in [4.78, 5) is 28.4. The molecule has 0 aliphatic heterocycles. The number of amides is 3. The number of hydrogen-bond donors (Lipinski definition) is 2. The van der Waals surface area contributed by atoms with E-state index in [9.17, 15) is 22.8 Å². The van der Waals surface area contributed by atoms with Crippen LogP contribution in [-0.2, 0) is 0 Å². The van der Waals surface area contributed by atoms with E-state index >= 15 is 0 Å². The zero-order chi connectivity index (χ0) is 21.3. The smallest absolute Gasteiger partial charge is 0.325 e. The Balaban J connectivity index is 2.27. The Hall–Kier alpha value is -3.88. The minimum atomic E-state index is -1.23. The molecule has 0 unspecified atom stereocenters. The molecule has 3 amide bonds. The van der Waals surface area contributed by atoms with Gasteiger partial charge in [-0.2, -0.15) is 0 Å². The first-order valence-corrected chi connectivity index (χ1v) is 8.31. The molecule has 0 atom stereocenters. The Morgan fingerprint density at radius 3 is 2.14 bits per heavy atom. The van der Waals surface area contributed by atoms with Crippen LogP contribution in [0.3, 0.4) is 0 Å². The summed E-state index contributed by atoms with van der Waals surface area (Å²) < 4.78 is 43.0. The maximum atomic E-state index is 14.5. The fourth-order valence-electron chi connectivity index (χ4n) is 2.83. The fourth-order valence-corrected chi connectivity index (χ4v) is 2.83. The molecule has 0 saturated carbocycles. The molecule has 2 aromatic carbocycles. The van der Waals surface area contributed by atoms with Crippen molar-refractivity contribution in [3.05, 3.63) is 77.1 Å². The molecule has 3 rings (SSSR count). The first kappa shape index (κ1) is 19.9. The van der Waals surface area contributed by atoms with Gasteiger partial charge in [0.05, 0.1) is 11.3 Å². The molecule has 4 N–H and O–H groups in total. The van der Waals surface area contributed by atoms with E-state index in [-0.39, 0.29) is 22.6 Å². The lowest BCUT2D eigenvalue weighted by Gasteiger charge is -2.22. The maximum Gasteiger partial charge on any atom is 0.325 e. The molecule has 1 heterocycles. The average Bonchev–Trinajstić information content (AvgIpc) is 2.64.